The first kappa shape index (κ1) is 16.7. The second-order valence-corrected chi connectivity index (χ2v) is 4.45. The zero-order valence-corrected chi connectivity index (χ0v) is 12.2. The molecule has 0 saturated heterocycles. The van der Waals surface area contributed by atoms with E-state index in [9.17, 15) is 19.6 Å². The molecular formula is C16H12N2O6. The summed E-state index contributed by atoms with van der Waals surface area (Å²) in [4.78, 5) is 38.0. The maximum absolute atomic E-state index is 11.5. The molecule has 0 fully saturated rings. The van der Waals surface area contributed by atoms with Gasteiger partial charge in [0, 0.05) is 11.1 Å². The van der Waals surface area contributed by atoms with Gasteiger partial charge in [0.05, 0.1) is 0 Å². The number of hydrogen-bond acceptors (Lipinski definition) is 5. The van der Waals surface area contributed by atoms with E-state index < -0.39 is 12.2 Å². The number of benzene rings is 2. The van der Waals surface area contributed by atoms with Crippen LogP contribution in [0.4, 0.5) is 9.59 Å². The second kappa shape index (κ2) is 7.54. The summed E-state index contributed by atoms with van der Waals surface area (Å²) in [5.74, 6) is 0. The third-order valence-electron chi connectivity index (χ3n) is 2.96. The van der Waals surface area contributed by atoms with Crippen molar-refractivity contribution < 1.29 is 24.6 Å². The smallest absolute Gasteiger partial charge is 0.463 e. The van der Waals surface area contributed by atoms with Gasteiger partial charge in [-0.25, -0.2) is 9.59 Å². The maximum atomic E-state index is 11.5. The van der Waals surface area contributed by atoms with Crippen LogP contribution in [0.3, 0.4) is 0 Å². The molecule has 0 aliphatic heterocycles. The van der Waals surface area contributed by atoms with Gasteiger partial charge in [-0.2, -0.15) is 0 Å². The van der Waals surface area contributed by atoms with Gasteiger partial charge in [-0.3, -0.25) is 4.84 Å². The molecular weight excluding hydrogens is 316 g/mol. The van der Waals surface area contributed by atoms with Crippen LogP contribution in [0.15, 0.2) is 65.8 Å². The molecule has 0 spiro atoms. The fourth-order valence-corrected chi connectivity index (χ4v) is 2.03. The highest BCUT2D eigenvalue weighted by molar-refractivity contribution is 5.94. The van der Waals surface area contributed by atoms with E-state index in [1.54, 1.807) is 48.5 Å². The van der Waals surface area contributed by atoms with Crippen LogP contribution < -0.4 is 0 Å². The number of carboxylic acid groups (broad SMARTS) is 2. The molecule has 24 heavy (non-hydrogen) atoms. The number of rotatable bonds is 4. The predicted molar refractivity (Wildman–Crippen MR) is 84.5 cm³/mol. The van der Waals surface area contributed by atoms with E-state index in [4.69, 9.17) is 5.11 Å². The molecule has 0 heterocycles. The van der Waals surface area contributed by atoms with E-state index in [0.29, 0.717) is 5.56 Å². The van der Waals surface area contributed by atoms with Crippen molar-refractivity contribution in [2.45, 2.75) is 0 Å². The molecule has 0 atom stereocenters. The van der Waals surface area contributed by atoms with Crippen molar-refractivity contribution >= 4 is 23.6 Å². The fourth-order valence-electron chi connectivity index (χ4n) is 2.03. The van der Waals surface area contributed by atoms with E-state index in [-0.39, 0.29) is 22.0 Å². The average molecular weight is 328 g/mol. The van der Waals surface area contributed by atoms with Crippen LogP contribution in [0.1, 0.15) is 11.1 Å². The zero-order chi connectivity index (χ0) is 17.5. The first-order valence-electron chi connectivity index (χ1n) is 6.67. The molecule has 0 bridgehead atoms. The Morgan fingerprint density at radius 1 is 0.875 bits per heavy atom. The maximum Gasteiger partial charge on any atom is 0.531 e. The van der Waals surface area contributed by atoms with Crippen molar-refractivity contribution in [3.63, 3.8) is 0 Å². The van der Waals surface area contributed by atoms with Gasteiger partial charge >= 0.3 is 12.2 Å². The Balaban J connectivity index is 2.74. The minimum absolute atomic E-state index is 0.0986. The molecule has 0 aliphatic carbocycles. The molecule has 2 aromatic rings. The lowest BCUT2D eigenvalue weighted by atomic mass is 10.1. The van der Waals surface area contributed by atoms with E-state index in [1.165, 1.54) is 12.1 Å². The van der Waals surface area contributed by atoms with Crippen molar-refractivity contribution in [1.82, 2.24) is 5.06 Å². The molecule has 1 amide bonds. The SMILES string of the molecule is O=N/C(=C(\c1ccccc1)N(OC(=O)O)C(=O)O)c1ccccc1. The van der Waals surface area contributed by atoms with Gasteiger partial charge in [0.1, 0.15) is 11.4 Å². The lowest BCUT2D eigenvalue weighted by Gasteiger charge is -2.20. The molecule has 0 saturated carbocycles. The van der Waals surface area contributed by atoms with Crippen LogP contribution in [-0.4, -0.2) is 27.5 Å². The highest BCUT2D eigenvalue weighted by Crippen LogP contribution is 2.30. The van der Waals surface area contributed by atoms with Crippen LogP contribution in [0.2, 0.25) is 0 Å². The summed E-state index contributed by atoms with van der Waals surface area (Å²) in [6.07, 6.45) is -3.56. The first-order valence-corrected chi connectivity index (χ1v) is 6.67. The first-order chi connectivity index (χ1) is 11.5. The molecule has 0 radical (unpaired) electrons. The summed E-state index contributed by atoms with van der Waals surface area (Å²) in [6.45, 7) is 0. The molecule has 8 nitrogen and oxygen atoms in total. The normalized spacial score (nSPS) is 11.2. The van der Waals surface area contributed by atoms with E-state index in [0.717, 1.165) is 0 Å². The summed E-state index contributed by atoms with van der Waals surface area (Å²) >= 11 is 0. The van der Waals surface area contributed by atoms with Gasteiger partial charge in [-0.1, -0.05) is 65.7 Å². The second-order valence-electron chi connectivity index (χ2n) is 4.45. The summed E-state index contributed by atoms with van der Waals surface area (Å²) in [7, 11) is 0. The molecule has 2 rings (SSSR count). The van der Waals surface area contributed by atoms with Gasteiger partial charge in [0.25, 0.3) is 0 Å². The molecule has 0 unspecified atom stereocenters. The predicted octanol–water partition coefficient (Wildman–Crippen LogP) is 3.87. The van der Waals surface area contributed by atoms with Crippen LogP contribution in [0, 0.1) is 4.91 Å². The van der Waals surface area contributed by atoms with E-state index >= 15 is 0 Å². The van der Waals surface area contributed by atoms with Crippen LogP contribution >= 0.6 is 0 Å². The van der Waals surface area contributed by atoms with Crippen molar-refractivity contribution in [1.29, 1.82) is 0 Å². The van der Waals surface area contributed by atoms with Gasteiger partial charge < -0.3 is 10.2 Å². The lowest BCUT2D eigenvalue weighted by molar-refractivity contribution is -0.0537. The van der Waals surface area contributed by atoms with Gasteiger partial charge in [0.2, 0.25) is 0 Å². The van der Waals surface area contributed by atoms with Crippen LogP contribution in [-0.2, 0) is 4.84 Å². The zero-order valence-electron chi connectivity index (χ0n) is 12.2. The summed E-state index contributed by atoms with van der Waals surface area (Å²) in [5.41, 5.74) is -0.0108. The van der Waals surface area contributed by atoms with Crippen molar-refractivity contribution in [3.8, 4) is 0 Å². The fraction of sp³-hybridized carbons (Fsp3) is 0. The van der Waals surface area contributed by atoms with Crippen LogP contribution in [0.5, 0.6) is 0 Å². The molecule has 0 aromatic heterocycles. The highest BCUT2D eigenvalue weighted by Gasteiger charge is 2.28. The lowest BCUT2D eigenvalue weighted by Crippen LogP contribution is -2.31. The molecule has 8 heteroatoms. The Bertz CT molecular complexity index is 774. The third-order valence-corrected chi connectivity index (χ3v) is 2.96. The standard InChI is InChI=1S/C16H12N2O6/c19-15(20)18(24-16(21)22)14(12-9-5-2-6-10-12)13(17-23)11-7-3-1-4-8-11/h1-10H,(H,19,20)(H,21,22)/b14-13+. The number of hydroxylamine groups is 2. The number of nitroso groups, excluding NO2 is 1. The Morgan fingerprint density at radius 2 is 1.38 bits per heavy atom. The number of amides is 1. The molecule has 122 valence electrons. The van der Waals surface area contributed by atoms with Gasteiger partial charge in [-0.05, 0) is 5.18 Å². The minimum atomic E-state index is -1.84. The van der Waals surface area contributed by atoms with Crippen molar-refractivity contribution in [2.75, 3.05) is 0 Å². The summed E-state index contributed by atoms with van der Waals surface area (Å²) < 4.78 is 0. The number of hydrogen-bond donors (Lipinski definition) is 2. The van der Waals surface area contributed by atoms with Crippen LogP contribution in [0.25, 0.3) is 11.4 Å². The number of carbonyl (C=O) groups is 2. The third kappa shape index (κ3) is 3.74. The summed E-state index contributed by atoms with van der Waals surface area (Å²) in [5, 5.41) is 21.1. The highest BCUT2D eigenvalue weighted by atomic mass is 16.8. The van der Waals surface area contributed by atoms with E-state index in [1.807, 2.05) is 0 Å². The van der Waals surface area contributed by atoms with Crippen molar-refractivity contribution in [2.24, 2.45) is 5.18 Å². The monoisotopic (exact) mass is 328 g/mol. The molecule has 2 aromatic carbocycles. The van der Waals surface area contributed by atoms with Gasteiger partial charge in [0.15, 0.2) is 0 Å². The minimum Gasteiger partial charge on any atom is -0.463 e. The van der Waals surface area contributed by atoms with Gasteiger partial charge in [-0.15, -0.1) is 4.91 Å². The molecule has 2 N–H and O–H groups in total. The number of nitrogens with zero attached hydrogens (tertiary/aromatic N) is 2. The van der Waals surface area contributed by atoms with Crippen molar-refractivity contribution in [3.05, 3.63) is 76.7 Å². The average Bonchev–Trinajstić information content (AvgIpc) is 2.59. The largest absolute Gasteiger partial charge is 0.531 e. The summed E-state index contributed by atoms with van der Waals surface area (Å²) in [6, 6.07) is 15.9. The Morgan fingerprint density at radius 3 is 1.79 bits per heavy atom. The topological polar surface area (TPSA) is 117 Å². The molecule has 0 aliphatic rings. The Hall–Kier alpha value is -3.68. The quantitative estimate of drug-likeness (QED) is 0.500. The Labute approximate surface area is 136 Å². The Kier molecular flexibility index (Phi) is 5.24. The van der Waals surface area contributed by atoms with E-state index in [2.05, 4.69) is 10.0 Å².